The summed E-state index contributed by atoms with van der Waals surface area (Å²) in [5, 5.41) is 0. The zero-order valence-electron chi connectivity index (χ0n) is 12.2. The predicted molar refractivity (Wildman–Crippen MR) is 75.6 cm³/mol. The third-order valence-electron chi connectivity index (χ3n) is 3.38. The molecule has 0 heterocycles. The van der Waals surface area contributed by atoms with Crippen molar-refractivity contribution in [2.24, 2.45) is 5.73 Å². The molecule has 20 heavy (non-hydrogen) atoms. The van der Waals surface area contributed by atoms with Crippen molar-refractivity contribution in [1.29, 1.82) is 0 Å². The van der Waals surface area contributed by atoms with Crippen molar-refractivity contribution in [1.82, 2.24) is 4.90 Å². The number of nitrogens with zero attached hydrogens (tertiary/aromatic N) is 1. The van der Waals surface area contributed by atoms with Crippen LogP contribution in [0.1, 0.15) is 36.8 Å². The van der Waals surface area contributed by atoms with Crippen LogP contribution in [0.2, 0.25) is 0 Å². The van der Waals surface area contributed by atoms with Crippen LogP contribution in [0.4, 0.5) is 13.2 Å². The summed E-state index contributed by atoms with van der Waals surface area (Å²) in [4.78, 5) is 2.04. The van der Waals surface area contributed by atoms with Gasteiger partial charge in [-0.3, -0.25) is 0 Å². The highest BCUT2D eigenvalue weighted by Crippen LogP contribution is 2.30. The molecule has 0 fully saturated rings. The van der Waals surface area contributed by atoms with Crippen molar-refractivity contribution in [2.45, 2.75) is 37.9 Å². The number of benzene rings is 1. The number of hydrogen-bond donors (Lipinski definition) is 1. The van der Waals surface area contributed by atoms with Crippen LogP contribution in [0.15, 0.2) is 24.3 Å². The fourth-order valence-corrected chi connectivity index (χ4v) is 2.19. The average Bonchev–Trinajstić information content (AvgIpc) is 2.34. The fourth-order valence-electron chi connectivity index (χ4n) is 2.19. The standard InChI is InChI=1S/C15H23F3N2/c1-11(4-9-14(19)10-20(2)3)12-5-7-13(8-6-12)15(16,17)18/h5-8,11,14H,4,9-10,19H2,1-3H3. The van der Waals surface area contributed by atoms with Gasteiger partial charge < -0.3 is 10.6 Å². The lowest BCUT2D eigenvalue weighted by Gasteiger charge is -2.19. The molecular weight excluding hydrogens is 265 g/mol. The second-order valence-electron chi connectivity index (χ2n) is 5.62. The number of hydrogen-bond acceptors (Lipinski definition) is 2. The van der Waals surface area contributed by atoms with Crippen LogP contribution in [0.3, 0.4) is 0 Å². The lowest BCUT2D eigenvalue weighted by Crippen LogP contribution is -2.33. The number of rotatable bonds is 6. The van der Waals surface area contributed by atoms with E-state index in [2.05, 4.69) is 0 Å². The van der Waals surface area contributed by atoms with Gasteiger partial charge in [-0.05, 0) is 50.6 Å². The Morgan fingerprint density at radius 1 is 1.10 bits per heavy atom. The van der Waals surface area contributed by atoms with Gasteiger partial charge in [0.1, 0.15) is 0 Å². The van der Waals surface area contributed by atoms with E-state index in [9.17, 15) is 13.2 Å². The molecule has 0 saturated heterocycles. The summed E-state index contributed by atoms with van der Waals surface area (Å²) in [5.74, 6) is 0.213. The zero-order chi connectivity index (χ0) is 15.3. The Kier molecular flexibility index (Phi) is 6.02. The summed E-state index contributed by atoms with van der Waals surface area (Å²) >= 11 is 0. The van der Waals surface area contributed by atoms with Crippen LogP contribution in [0, 0.1) is 0 Å². The number of halogens is 3. The zero-order valence-corrected chi connectivity index (χ0v) is 12.2. The third-order valence-corrected chi connectivity index (χ3v) is 3.38. The molecule has 0 saturated carbocycles. The van der Waals surface area contributed by atoms with Crippen LogP contribution >= 0.6 is 0 Å². The van der Waals surface area contributed by atoms with Crippen molar-refractivity contribution in [2.75, 3.05) is 20.6 Å². The molecule has 0 aliphatic rings. The molecule has 1 aromatic rings. The summed E-state index contributed by atoms with van der Waals surface area (Å²) in [6, 6.07) is 5.51. The molecule has 2 atom stereocenters. The van der Waals surface area contributed by atoms with Crippen LogP contribution in [-0.2, 0) is 6.18 Å². The van der Waals surface area contributed by atoms with Gasteiger partial charge in [-0.1, -0.05) is 19.1 Å². The van der Waals surface area contributed by atoms with Crippen molar-refractivity contribution < 1.29 is 13.2 Å². The van der Waals surface area contributed by atoms with E-state index in [1.807, 2.05) is 25.9 Å². The van der Waals surface area contributed by atoms with Crippen molar-refractivity contribution >= 4 is 0 Å². The third kappa shape index (κ3) is 5.51. The maximum atomic E-state index is 12.5. The van der Waals surface area contributed by atoms with E-state index >= 15 is 0 Å². The van der Waals surface area contributed by atoms with Gasteiger partial charge in [-0.15, -0.1) is 0 Å². The molecule has 2 unspecified atom stereocenters. The van der Waals surface area contributed by atoms with Crippen molar-refractivity contribution in [3.63, 3.8) is 0 Å². The first-order valence-electron chi connectivity index (χ1n) is 6.77. The van der Waals surface area contributed by atoms with Gasteiger partial charge >= 0.3 is 6.18 Å². The molecule has 0 bridgehead atoms. The average molecular weight is 288 g/mol. The Bertz CT molecular complexity index is 399. The Balaban J connectivity index is 2.54. The summed E-state index contributed by atoms with van der Waals surface area (Å²) in [5.41, 5.74) is 6.32. The van der Waals surface area contributed by atoms with Crippen LogP contribution in [0.25, 0.3) is 0 Å². The molecule has 2 nitrogen and oxygen atoms in total. The molecule has 0 spiro atoms. The molecule has 1 aromatic carbocycles. The second-order valence-corrected chi connectivity index (χ2v) is 5.62. The second kappa shape index (κ2) is 7.09. The molecular formula is C15H23F3N2. The molecule has 1 rings (SSSR count). The first-order valence-corrected chi connectivity index (χ1v) is 6.77. The van der Waals surface area contributed by atoms with Crippen molar-refractivity contribution in [3.8, 4) is 0 Å². The molecule has 0 aliphatic heterocycles. The number of nitrogens with two attached hydrogens (primary N) is 1. The van der Waals surface area contributed by atoms with E-state index in [0.717, 1.165) is 37.1 Å². The Morgan fingerprint density at radius 2 is 1.65 bits per heavy atom. The van der Waals surface area contributed by atoms with Crippen molar-refractivity contribution in [3.05, 3.63) is 35.4 Å². The van der Waals surface area contributed by atoms with E-state index in [1.165, 1.54) is 0 Å². The van der Waals surface area contributed by atoms with E-state index < -0.39 is 11.7 Å². The highest BCUT2D eigenvalue weighted by molar-refractivity contribution is 5.26. The smallest absolute Gasteiger partial charge is 0.327 e. The minimum Gasteiger partial charge on any atom is -0.327 e. The molecule has 0 aliphatic carbocycles. The molecule has 114 valence electrons. The maximum absolute atomic E-state index is 12.5. The summed E-state index contributed by atoms with van der Waals surface area (Å²) in [6.07, 6.45) is -2.53. The predicted octanol–water partition coefficient (Wildman–Crippen LogP) is 3.48. The largest absolute Gasteiger partial charge is 0.416 e. The minimum atomic E-state index is -4.27. The number of likely N-dealkylation sites (N-methyl/N-ethyl adjacent to an activating group) is 1. The van der Waals surface area contributed by atoms with Crippen LogP contribution in [-0.4, -0.2) is 31.6 Å². The molecule has 0 radical (unpaired) electrons. The van der Waals surface area contributed by atoms with Gasteiger partial charge in [0.2, 0.25) is 0 Å². The SMILES string of the molecule is CC(CCC(N)CN(C)C)c1ccc(C(F)(F)F)cc1. The van der Waals surface area contributed by atoms with Gasteiger partial charge in [0.15, 0.2) is 0 Å². The Hall–Kier alpha value is -1.07. The maximum Gasteiger partial charge on any atom is 0.416 e. The molecule has 0 amide bonds. The highest BCUT2D eigenvalue weighted by atomic mass is 19.4. The molecule has 0 aromatic heterocycles. The van der Waals surface area contributed by atoms with Gasteiger partial charge in [0.25, 0.3) is 0 Å². The van der Waals surface area contributed by atoms with E-state index in [-0.39, 0.29) is 12.0 Å². The van der Waals surface area contributed by atoms with Gasteiger partial charge in [0, 0.05) is 12.6 Å². The van der Waals surface area contributed by atoms with Gasteiger partial charge in [-0.2, -0.15) is 13.2 Å². The van der Waals surface area contributed by atoms with E-state index in [0.29, 0.717) is 0 Å². The lowest BCUT2D eigenvalue weighted by atomic mass is 9.93. The first-order chi connectivity index (χ1) is 9.20. The number of alkyl halides is 3. The quantitative estimate of drug-likeness (QED) is 0.868. The highest BCUT2D eigenvalue weighted by Gasteiger charge is 2.30. The lowest BCUT2D eigenvalue weighted by molar-refractivity contribution is -0.137. The van der Waals surface area contributed by atoms with E-state index in [1.54, 1.807) is 12.1 Å². The van der Waals surface area contributed by atoms with E-state index in [4.69, 9.17) is 5.73 Å². The normalized spacial score (nSPS) is 15.4. The first kappa shape index (κ1) is 17.0. The van der Waals surface area contributed by atoms with Gasteiger partial charge in [-0.25, -0.2) is 0 Å². The Labute approximate surface area is 118 Å². The summed E-state index contributed by atoms with van der Waals surface area (Å²) < 4.78 is 37.4. The molecule has 2 N–H and O–H groups in total. The van der Waals surface area contributed by atoms with Crippen LogP contribution in [0.5, 0.6) is 0 Å². The monoisotopic (exact) mass is 288 g/mol. The topological polar surface area (TPSA) is 29.3 Å². The Morgan fingerprint density at radius 3 is 2.10 bits per heavy atom. The summed E-state index contributed by atoms with van der Waals surface area (Å²) in [6.45, 7) is 2.84. The van der Waals surface area contributed by atoms with Crippen LogP contribution < -0.4 is 5.73 Å². The summed E-state index contributed by atoms with van der Waals surface area (Å²) in [7, 11) is 3.94. The minimum absolute atomic E-state index is 0.0990. The fraction of sp³-hybridized carbons (Fsp3) is 0.600. The van der Waals surface area contributed by atoms with Gasteiger partial charge in [0.05, 0.1) is 5.56 Å². The molecule has 5 heteroatoms.